The van der Waals surface area contributed by atoms with E-state index in [-0.39, 0.29) is 25.4 Å². The number of nitrogens with zero attached hydrogens (tertiary/aromatic N) is 1. The maximum absolute atomic E-state index is 12.9. The summed E-state index contributed by atoms with van der Waals surface area (Å²) in [5.41, 5.74) is -8.96. The number of aliphatic hydroxyl groups is 6. The molecule has 14 atom stereocenters. The molecule has 3 aliphatic heterocycles. The van der Waals surface area contributed by atoms with Crippen molar-refractivity contribution in [1.82, 2.24) is 4.90 Å². The van der Waals surface area contributed by atoms with Gasteiger partial charge in [0, 0.05) is 60.7 Å². The van der Waals surface area contributed by atoms with Gasteiger partial charge >= 0.3 is 5.97 Å². The van der Waals surface area contributed by atoms with E-state index in [1.807, 2.05) is 6.92 Å². The number of hydrogen-bond donors (Lipinski definition) is 6. The molecule has 1 unspecified atom stereocenters. The zero-order valence-corrected chi connectivity index (χ0v) is 25.5. The summed E-state index contributed by atoms with van der Waals surface area (Å²) in [4.78, 5) is 14.9. The summed E-state index contributed by atoms with van der Waals surface area (Å²) in [6.45, 7) is 10.1. The summed E-state index contributed by atoms with van der Waals surface area (Å²) < 4.78 is 12.6. The highest BCUT2D eigenvalue weighted by molar-refractivity contribution is 5.87. The van der Waals surface area contributed by atoms with Gasteiger partial charge in [0.2, 0.25) is 5.79 Å². The Labute approximate surface area is 247 Å². The standard InChI is InChI=1S/C32H49NO9/c1-6-18(3)25(35)41-24-11-12-26(4)19-8-9-20-28(37)13-23(34)31(39)21(29(28,38)16-30(20,26)42-32(19,24)40)15-33-14-17(2)7-10-22(33)27(31,5)36/h6,17,19-24,34,36-40H,7-16H2,1-5H3/b18-6-/t17-,19-,20-,21-,22?,23-,24-,26-,27+,28+,29+,30-,31-,32-/m0/s1. The fraction of sp³-hybridized carbons (Fsp3) is 0.906. The quantitative estimate of drug-likeness (QED) is 0.202. The van der Waals surface area contributed by atoms with Crippen molar-refractivity contribution in [1.29, 1.82) is 0 Å². The first-order chi connectivity index (χ1) is 19.5. The lowest BCUT2D eigenvalue weighted by molar-refractivity contribution is -0.354. The molecule has 4 saturated carbocycles. The second-order valence-electron chi connectivity index (χ2n) is 15.7. The second kappa shape index (κ2) is 8.57. The molecule has 0 aromatic carbocycles. The average Bonchev–Trinajstić information content (AvgIpc) is 3.09. The molecule has 0 aromatic rings. The number of ether oxygens (including phenoxy) is 2. The molecule has 0 amide bonds. The molecule has 10 heteroatoms. The molecule has 0 radical (unpaired) electrons. The molecule has 42 heavy (non-hydrogen) atoms. The smallest absolute Gasteiger partial charge is 0.333 e. The molecule has 6 N–H and O–H groups in total. The van der Waals surface area contributed by atoms with Crippen LogP contribution in [0.5, 0.6) is 0 Å². The van der Waals surface area contributed by atoms with Gasteiger partial charge in [0.15, 0.2) is 6.10 Å². The summed E-state index contributed by atoms with van der Waals surface area (Å²) in [7, 11) is 0. The third kappa shape index (κ3) is 3.07. The van der Waals surface area contributed by atoms with Crippen LogP contribution in [0.1, 0.15) is 86.0 Å². The van der Waals surface area contributed by atoms with Crippen molar-refractivity contribution < 1.29 is 44.9 Å². The van der Waals surface area contributed by atoms with Gasteiger partial charge in [0.25, 0.3) is 0 Å². The van der Waals surface area contributed by atoms with Crippen LogP contribution in [-0.4, -0.2) is 107 Å². The minimum absolute atomic E-state index is 0.0606. The highest BCUT2D eigenvalue weighted by Gasteiger charge is 2.88. The van der Waals surface area contributed by atoms with Crippen LogP contribution < -0.4 is 0 Å². The molecule has 7 rings (SSSR count). The Morgan fingerprint density at radius 2 is 1.64 bits per heavy atom. The first-order valence-electron chi connectivity index (χ1n) is 16.0. The predicted molar refractivity (Wildman–Crippen MR) is 150 cm³/mol. The first-order valence-corrected chi connectivity index (χ1v) is 16.0. The van der Waals surface area contributed by atoms with E-state index in [0.717, 1.165) is 6.42 Å². The van der Waals surface area contributed by atoms with Gasteiger partial charge in [-0.1, -0.05) is 19.9 Å². The number of carbonyl (C=O) groups excluding carboxylic acids is 1. The lowest BCUT2D eigenvalue weighted by Crippen LogP contribution is -2.85. The summed E-state index contributed by atoms with van der Waals surface area (Å²) in [6, 6.07) is -0.387. The molecule has 236 valence electrons. The third-order valence-corrected chi connectivity index (χ3v) is 14.1. The van der Waals surface area contributed by atoms with Crippen molar-refractivity contribution in [3.63, 3.8) is 0 Å². The van der Waals surface area contributed by atoms with Crippen LogP contribution >= 0.6 is 0 Å². The Kier molecular flexibility index (Phi) is 6.04. The van der Waals surface area contributed by atoms with Gasteiger partial charge in [-0.2, -0.15) is 0 Å². The van der Waals surface area contributed by atoms with Crippen molar-refractivity contribution in [2.24, 2.45) is 29.1 Å². The molecular weight excluding hydrogens is 542 g/mol. The minimum atomic E-state index is -2.06. The van der Waals surface area contributed by atoms with Crippen LogP contribution in [0.2, 0.25) is 0 Å². The zero-order valence-electron chi connectivity index (χ0n) is 25.5. The Morgan fingerprint density at radius 3 is 2.33 bits per heavy atom. The fourth-order valence-corrected chi connectivity index (χ4v) is 11.8. The molecule has 0 aromatic heterocycles. The summed E-state index contributed by atoms with van der Waals surface area (Å²) in [5, 5.41) is 73.9. The van der Waals surface area contributed by atoms with Crippen molar-refractivity contribution in [3.05, 3.63) is 11.6 Å². The van der Waals surface area contributed by atoms with E-state index in [9.17, 15) is 35.4 Å². The topological polar surface area (TPSA) is 160 Å². The highest BCUT2D eigenvalue weighted by Crippen LogP contribution is 2.78. The van der Waals surface area contributed by atoms with Gasteiger partial charge in [0.1, 0.15) is 22.4 Å². The van der Waals surface area contributed by atoms with Gasteiger partial charge in [-0.15, -0.1) is 0 Å². The number of rotatable bonds is 2. The maximum atomic E-state index is 12.9. The predicted octanol–water partition coefficient (Wildman–Crippen LogP) is 0.991. The Balaban J connectivity index is 1.32. The molecule has 4 aliphatic carbocycles. The Morgan fingerprint density at radius 1 is 0.952 bits per heavy atom. The van der Waals surface area contributed by atoms with E-state index in [1.54, 1.807) is 26.8 Å². The van der Waals surface area contributed by atoms with Crippen molar-refractivity contribution in [3.8, 4) is 0 Å². The Hall–Kier alpha value is -1.11. The number of fused-ring (bicyclic) bond motifs is 5. The van der Waals surface area contributed by atoms with Crippen molar-refractivity contribution in [2.75, 3.05) is 13.1 Å². The SMILES string of the molecule is C/C=C(/C)C(=O)O[C@H]1CC[C@@]2(C)[C@@H]3CC[C@H]4[C@]5(O)C[C@H](O)[C@@]6(O)[C@@H](CN7C[C@@H](C)CCC7[C@@]6(C)O)[C@]5(O)C[C@]42O[C@]13O. The van der Waals surface area contributed by atoms with Gasteiger partial charge in [-0.3, -0.25) is 4.90 Å². The van der Waals surface area contributed by atoms with Crippen LogP contribution in [-0.2, 0) is 14.3 Å². The number of carbonyl (C=O) groups is 1. The molecular formula is C32H49NO9. The molecule has 7 aliphatic rings. The summed E-state index contributed by atoms with van der Waals surface area (Å²) >= 11 is 0. The fourth-order valence-electron chi connectivity index (χ4n) is 11.8. The van der Waals surface area contributed by atoms with Gasteiger partial charge in [-0.25, -0.2) is 4.79 Å². The van der Waals surface area contributed by atoms with Crippen molar-refractivity contribution in [2.45, 2.75) is 138 Å². The Bertz CT molecular complexity index is 1220. The van der Waals surface area contributed by atoms with E-state index in [4.69, 9.17) is 9.47 Å². The lowest BCUT2D eigenvalue weighted by atomic mass is 9.49. The van der Waals surface area contributed by atoms with Gasteiger partial charge in [0.05, 0.1) is 11.7 Å². The molecule has 3 heterocycles. The van der Waals surface area contributed by atoms with E-state index in [2.05, 4.69) is 11.8 Å². The van der Waals surface area contributed by atoms with E-state index in [0.29, 0.717) is 50.1 Å². The number of hydrogen-bond acceptors (Lipinski definition) is 10. The number of aliphatic hydroxyl groups excluding tert-OH is 1. The normalized spacial score (nSPS) is 60.3. The van der Waals surface area contributed by atoms with Gasteiger partial charge in [-0.05, 0) is 65.2 Å². The molecule has 3 saturated heterocycles. The van der Waals surface area contributed by atoms with Gasteiger partial charge < -0.3 is 40.1 Å². The summed E-state index contributed by atoms with van der Waals surface area (Å²) in [5.74, 6) is -4.05. The van der Waals surface area contributed by atoms with E-state index >= 15 is 0 Å². The van der Waals surface area contributed by atoms with E-state index < -0.39 is 75.1 Å². The average molecular weight is 592 g/mol. The van der Waals surface area contributed by atoms with Crippen LogP contribution in [0.25, 0.3) is 0 Å². The maximum Gasteiger partial charge on any atom is 0.333 e. The second-order valence-corrected chi connectivity index (χ2v) is 15.7. The number of piperidine rings is 2. The largest absolute Gasteiger partial charge is 0.453 e. The lowest BCUT2D eigenvalue weighted by Gasteiger charge is -2.68. The first kappa shape index (κ1) is 29.6. The van der Waals surface area contributed by atoms with E-state index in [1.165, 1.54) is 0 Å². The van der Waals surface area contributed by atoms with Crippen LogP contribution in [0.4, 0.5) is 0 Å². The van der Waals surface area contributed by atoms with Crippen LogP contribution in [0.15, 0.2) is 11.6 Å². The molecule has 1 spiro atoms. The van der Waals surface area contributed by atoms with Crippen molar-refractivity contribution >= 4 is 5.97 Å². The van der Waals surface area contributed by atoms with Crippen LogP contribution in [0, 0.1) is 29.1 Å². The monoisotopic (exact) mass is 591 g/mol. The number of esters is 1. The third-order valence-electron chi connectivity index (χ3n) is 14.1. The molecule has 10 nitrogen and oxygen atoms in total. The summed E-state index contributed by atoms with van der Waals surface area (Å²) in [6.07, 6.45) is 2.30. The zero-order chi connectivity index (χ0) is 30.5. The van der Waals surface area contributed by atoms with Crippen LogP contribution in [0.3, 0.4) is 0 Å². The highest BCUT2D eigenvalue weighted by atomic mass is 16.7. The molecule has 4 bridgehead atoms. The minimum Gasteiger partial charge on any atom is -0.453 e. The number of allylic oxidation sites excluding steroid dienone is 1. The molecule has 7 fully saturated rings.